The molecule has 0 aromatic heterocycles. The van der Waals surface area contributed by atoms with E-state index in [2.05, 4.69) is 18.2 Å². The monoisotopic (exact) mass is 407 g/mol. The normalized spacial score (nSPS) is 20.3. The largest absolute Gasteiger partial charge is 0.497 e. The van der Waals surface area contributed by atoms with E-state index in [0.717, 1.165) is 54.7 Å². The molecule has 0 radical (unpaired) electrons. The average Bonchev–Trinajstić information content (AvgIpc) is 2.77. The molecule has 2 unspecified atom stereocenters. The third-order valence-corrected chi connectivity index (χ3v) is 5.97. The maximum absolute atomic E-state index is 12.9. The summed E-state index contributed by atoms with van der Waals surface area (Å²) >= 11 is 0. The predicted octanol–water partition coefficient (Wildman–Crippen LogP) is 5.14. The van der Waals surface area contributed by atoms with Crippen molar-refractivity contribution in [3.63, 3.8) is 0 Å². The molecule has 0 N–H and O–H groups in total. The summed E-state index contributed by atoms with van der Waals surface area (Å²) in [7, 11) is 3.34. The van der Waals surface area contributed by atoms with E-state index >= 15 is 0 Å². The van der Waals surface area contributed by atoms with E-state index in [1.165, 1.54) is 5.57 Å². The molecule has 158 valence electrons. The number of nitrogens with zero attached hydrogens (tertiary/aromatic N) is 1. The summed E-state index contributed by atoms with van der Waals surface area (Å²) in [5.41, 5.74) is 3.54. The molecule has 2 atom stereocenters. The highest BCUT2D eigenvalue weighted by atomic mass is 16.6. The Morgan fingerprint density at radius 1 is 1.00 bits per heavy atom. The maximum atomic E-state index is 12.9. The van der Waals surface area contributed by atoms with Crippen LogP contribution in [0.2, 0.25) is 0 Å². The molecule has 2 aromatic rings. The highest BCUT2D eigenvalue weighted by molar-refractivity contribution is 5.69. The lowest BCUT2D eigenvalue weighted by Gasteiger charge is -2.44. The quantitative estimate of drug-likeness (QED) is 0.623. The van der Waals surface area contributed by atoms with Gasteiger partial charge in [-0.25, -0.2) is 4.79 Å². The Bertz CT molecular complexity index is 886. The molecule has 2 bridgehead atoms. The number of benzene rings is 2. The van der Waals surface area contributed by atoms with Crippen LogP contribution in [0.3, 0.4) is 0 Å². The summed E-state index contributed by atoms with van der Waals surface area (Å²) in [4.78, 5) is 14.8. The molecule has 4 rings (SSSR count). The zero-order chi connectivity index (χ0) is 20.9. The Labute approximate surface area is 178 Å². The minimum Gasteiger partial charge on any atom is -0.497 e. The third kappa shape index (κ3) is 4.61. The molecule has 0 aliphatic carbocycles. The molecule has 2 aliphatic heterocycles. The van der Waals surface area contributed by atoms with Gasteiger partial charge in [0.2, 0.25) is 0 Å². The SMILES string of the molecule is COc1cc(CC2=CC3CCCC(C2)N3C(=O)OCc2ccccc2)cc(OC)c1. The van der Waals surface area contributed by atoms with Crippen LogP contribution in [-0.2, 0) is 17.8 Å². The second kappa shape index (κ2) is 9.24. The van der Waals surface area contributed by atoms with Gasteiger partial charge in [0, 0.05) is 12.1 Å². The molecule has 30 heavy (non-hydrogen) atoms. The lowest BCUT2D eigenvalue weighted by Crippen LogP contribution is -2.52. The van der Waals surface area contributed by atoms with Crippen molar-refractivity contribution < 1.29 is 19.0 Å². The fourth-order valence-corrected chi connectivity index (χ4v) is 4.56. The molecule has 2 heterocycles. The number of carbonyl (C=O) groups excluding carboxylic acids is 1. The van der Waals surface area contributed by atoms with Crippen molar-refractivity contribution in [2.45, 2.75) is 50.8 Å². The number of hydrogen-bond donors (Lipinski definition) is 0. The number of carbonyl (C=O) groups is 1. The minimum atomic E-state index is -0.202. The molecule has 5 nitrogen and oxygen atoms in total. The molecule has 1 saturated heterocycles. The van der Waals surface area contributed by atoms with Crippen LogP contribution < -0.4 is 9.47 Å². The van der Waals surface area contributed by atoms with Crippen LogP contribution in [0, 0.1) is 0 Å². The van der Waals surface area contributed by atoms with Crippen molar-refractivity contribution in [3.8, 4) is 11.5 Å². The fraction of sp³-hybridized carbons (Fsp3) is 0.400. The summed E-state index contributed by atoms with van der Waals surface area (Å²) in [6.45, 7) is 0.315. The van der Waals surface area contributed by atoms with Gasteiger partial charge < -0.3 is 14.2 Å². The number of piperidine rings is 1. The number of hydrogen-bond acceptors (Lipinski definition) is 4. The van der Waals surface area contributed by atoms with Crippen LogP contribution in [0.25, 0.3) is 0 Å². The van der Waals surface area contributed by atoms with Gasteiger partial charge in [-0.05, 0) is 55.4 Å². The number of amides is 1. The standard InChI is InChI=1S/C25H29NO4/c1-28-23-14-20(15-24(16-23)29-2)11-19-12-21-9-6-10-22(13-19)26(21)25(27)30-17-18-7-4-3-5-8-18/h3-5,7-8,12,14-16,21-22H,6,9-11,13,17H2,1-2H3. The van der Waals surface area contributed by atoms with E-state index in [1.807, 2.05) is 41.3 Å². The first-order chi connectivity index (χ1) is 14.7. The van der Waals surface area contributed by atoms with Gasteiger partial charge >= 0.3 is 6.09 Å². The molecule has 0 spiro atoms. The molecule has 1 amide bonds. The molecular formula is C25H29NO4. The Morgan fingerprint density at radius 2 is 1.73 bits per heavy atom. The van der Waals surface area contributed by atoms with Gasteiger partial charge in [-0.15, -0.1) is 0 Å². The Hall–Kier alpha value is -2.95. The first-order valence-corrected chi connectivity index (χ1v) is 10.6. The Balaban J connectivity index is 1.46. The summed E-state index contributed by atoms with van der Waals surface area (Å²) in [6, 6.07) is 16.2. The van der Waals surface area contributed by atoms with E-state index in [1.54, 1.807) is 14.2 Å². The van der Waals surface area contributed by atoms with Crippen LogP contribution in [0.15, 0.2) is 60.2 Å². The van der Waals surface area contributed by atoms with Gasteiger partial charge in [0.1, 0.15) is 18.1 Å². The van der Waals surface area contributed by atoms with Gasteiger partial charge in [-0.1, -0.05) is 42.0 Å². The number of fused-ring (bicyclic) bond motifs is 2. The van der Waals surface area contributed by atoms with E-state index in [9.17, 15) is 4.79 Å². The van der Waals surface area contributed by atoms with Gasteiger partial charge in [-0.2, -0.15) is 0 Å². The summed E-state index contributed by atoms with van der Waals surface area (Å²) in [5, 5.41) is 0. The highest BCUT2D eigenvalue weighted by Crippen LogP contribution is 2.35. The Kier molecular flexibility index (Phi) is 6.26. The number of rotatable bonds is 6. The predicted molar refractivity (Wildman–Crippen MR) is 116 cm³/mol. The second-order valence-electron chi connectivity index (χ2n) is 8.03. The van der Waals surface area contributed by atoms with Crippen molar-refractivity contribution in [1.82, 2.24) is 4.90 Å². The maximum Gasteiger partial charge on any atom is 0.410 e. The Morgan fingerprint density at radius 3 is 2.40 bits per heavy atom. The van der Waals surface area contributed by atoms with Gasteiger partial charge in [-0.3, -0.25) is 4.90 Å². The smallest absolute Gasteiger partial charge is 0.410 e. The molecule has 2 aliphatic rings. The summed E-state index contributed by atoms with van der Waals surface area (Å²) in [5.74, 6) is 1.60. The zero-order valence-corrected chi connectivity index (χ0v) is 17.7. The van der Waals surface area contributed by atoms with Crippen molar-refractivity contribution >= 4 is 6.09 Å². The number of methoxy groups -OCH3 is 2. The highest BCUT2D eigenvalue weighted by Gasteiger charge is 2.37. The summed E-state index contributed by atoms with van der Waals surface area (Å²) in [6.07, 6.45) is 6.95. The van der Waals surface area contributed by atoms with E-state index in [-0.39, 0.29) is 18.2 Å². The van der Waals surface area contributed by atoms with Gasteiger partial charge in [0.25, 0.3) is 0 Å². The van der Waals surface area contributed by atoms with E-state index in [0.29, 0.717) is 6.61 Å². The lowest BCUT2D eigenvalue weighted by molar-refractivity contribution is 0.0481. The third-order valence-electron chi connectivity index (χ3n) is 5.97. The first kappa shape index (κ1) is 20.3. The lowest BCUT2D eigenvalue weighted by atomic mass is 9.83. The number of ether oxygens (including phenoxy) is 3. The van der Waals surface area contributed by atoms with Crippen molar-refractivity contribution in [1.29, 1.82) is 0 Å². The topological polar surface area (TPSA) is 48.0 Å². The zero-order valence-electron chi connectivity index (χ0n) is 17.7. The molecule has 5 heteroatoms. The first-order valence-electron chi connectivity index (χ1n) is 10.6. The molecule has 0 saturated carbocycles. The van der Waals surface area contributed by atoms with Crippen LogP contribution >= 0.6 is 0 Å². The van der Waals surface area contributed by atoms with Crippen LogP contribution in [0.4, 0.5) is 4.79 Å². The van der Waals surface area contributed by atoms with Crippen LogP contribution in [0.5, 0.6) is 11.5 Å². The van der Waals surface area contributed by atoms with Crippen molar-refractivity contribution in [2.75, 3.05) is 14.2 Å². The molecule has 1 fully saturated rings. The van der Waals surface area contributed by atoms with Gasteiger partial charge in [0.05, 0.1) is 20.3 Å². The summed E-state index contributed by atoms with van der Waals surface area (Å²) < 4.78 is 16.5. The van der Waals surface area contributed by atoms with E-state index in [4.69, 9.17) is 14.2 Å². The van der Waals surface area contributed by atoms with Crippen LogP contribution in [0.1, 0.15) is 36.8 Å². The average molecular weight is 408 g/mol. The van der Waals surface area contributed by atoms with E-state index < -0.39 is 0 Å². The van der Waals surface area contributed by atoms with Gasteiger partial charge in [0.15, 0.2) is 0 Å². The van der Waals surface area contributed by atoms with Crippen molar-refractivity contribution in [3.05, 3.63) is 71.3 Å². The van der Waals surface area contributed by atoms with Crippen LogP contribution in [-0.4, -0.2) is 37.3 Å². The molecule has 2 aromatic carbocycles. The fourth-order valence-electron chi connectivity index (χ4n) is 4.56. The van der Waals surface area contributed by atoms with Crippen molar-refractivity contribution in [2.24, 2.45) is 0 Å². The second-order valence-corrected chi connectivity index (χ2v) is 8.03. The minimum absolute atomic E-state index is 0.114. The molecular weight excluding hydrogens is 378 g/mol.